The van der Waals surface area contributed by atoms with Gasteiger partial charge in [-0.3, -0.25) is 34.6 Å². The van der Waals surface area contributed by atoms with Gasteiger partial charge in [-0.05, 0) is 29.3 Å². The van der Waals surface area contributed by atoms with Crippen molar-refractivity contribution >= 4 is 29.1 Å². The molecule has 0 saturated heterocycles. The van der Waals surface area contributed by atoms with Crippen LogP contribution in [-0.2, 0) is 11.3 Å². The fourth-order valence-corrected chi connectivity index (χ4v) is 3.40. The molecule has 1 unspecified atom stereocenters. The average molecular weight is 491 g/mol. The number of nitro benzene ring substituents is 2. The molecule has 184 valence electrons. The highest BCUT2D eigenvalue weighted by Gasteiger charge is 2.25. The Labute approximate surface area is 204 Å². The highest BCUT2D eigenvalue weighted by Crippen LogP contribution is 2.27. The first kappa shape index (κ1) is 25.5. The van der Waals surface area contributed by atoms with Gasteiger partial charge in [0.25, 0.3) is 11.8 Å². The predicted molar refractivity (Wildman–Crippen MR) is 128 cm³/mol. The lowest BCUT2D eigenvalue weighted by atomic mass is 10.0. The van der Waals surface area contributed by atoms with Gasteiger partial charge in [0.05, 0.1) is 22.3 Å². The number of hydrogen-bond donors (Lipinski definition) is 3. The van der Waals surface area contributed by atoms with E-state index in [1.807, 2.05) is 6.07 Å². The summed E-state index contributed by atoms with van der Waals surface area (Å²) >= 11 is 0. The largest absolute Gasteiger partial charge is 0.370 e. The quantitative estimate of drug-likeness (QED) is 0.287. The van der Waals surface area contributed by atoms with Crippen LogP contribution in [0, 0.1) is 20.2 Å². The van der Waals surface area contributed by atoms with E-state index in [0.29, 0.717) is 11.1 Å². The lowest BCUT2D eigenvalue weighted by Gasteiger charge is -2.18. The van der Waals surface area contributed by atoms with E-state index >= 15 is 0 Å². The molecule has 4 N–H and O–H groups in total. The first-order valence-corrected chi connectivity index (χ1v) is 10.6. The summed E-state index contributed by atoms with van der Waals surface area (Å²) in [7, 11) is 0. The van der Waals surface area contributed by atoms with Crippen molar-refractivity contribution in [3.63, 3.8) is 0 Å². The molecule has 3 amide bonds. The lowest BCUT2D eigenvalue weighted by molar-refractivity contribution is -0.422. The minimum Gasteiger partial charge on any atom is -0.370 e. The summed E-state index contributed by atoms with van der Waals surface area (Å²) in [5.74, 6) is -1.64. The Kier molecular flexibility index (Phi) is 8.02. The molecular weight excluding hydrogens is 470 g/mol. The third kappa shape index (κ3) is 6.47. The maximum atomic E-state index is 12.7. The van der Waals surface area contributed by atoms with Crippen molar-refractivity contribution in [1.82, 2.24) is 10.6 Å². The first-order valence-electron chi connectivity index (χ1n) is 10.6. The number of benzene rings is 3. The van der Waals surface area contributed by atoms with Crippen molar-refractivity contribution in [2.75, 3.05) is 0 Å². The maximum Gasteiger partial charge on any atom is 0.346 e. The van der Waals surface area contributed by atoms with E-state index in [4.69, 9.17) is 5.73 Å². The number of hydrogen-bond acceptors (Lipinski definition) is 7. The summed E-state index contributed by atoms with van der Waals surface area (Å²) in [6.07, 6.45) is -0.0688. The van der Waals surface area contributed by atoms with Crippen LogP contribution in [0.15, 0.2) is 72.8 Å². The van der Waals surface area contributed by atoms with Crippen LogP contribution in [-0.4, -0.2) is 27.6 Å². The van der Waals surface area contributed by atoms with E-state index in [-0.39, 0.29) is 18.5 Å². The standard InChI is InChI=1S/C24H21N5O7/c25-22(30)13-19(16-4-2-1-3-5-16)27-24(32)17-8-6-15(7-9-17)14-26-23(31)18-10-11-20(28(33)34)21(12-18)29(35)36/h1-12,19H,13-14H2,(H2,25,30)(H,26,31)(H,27,32). The molecule has 0 radical (unpaired) electrons. The molecule has 0 aliphatic carbocycles. The Hall–Kier alpha value is -5.13. The van der Waals surface area contributed by atoms with E-state index in [2.05, 4.69) is 10.6 Å². The molecule has 0 aliphatic heterocycles. The Balaban J connectivity index is 1.64. The minimum absolute atomic E-state index is 0.0415. The second-order valence-electron chi connectivity index (χ2n) is 7.70. The third-order valence-electron chi connectivity index (χ3n) is 5.21. The van der Waals surface area contributed by atoms with Gasteiger partial charge in [0, 0.05) is 29.8 Å². The molecule has 0 spiro atoms. The molecule has 3 aromatic carbocycles. The van der Waals surface area contributed by atoms with Crippen LogP contribution in [0.2, 0.25) is 0 Å². The van der Waals surface area contributed by atoms with Crippen molar-refractivity contribution < 1.29 is 24.2 Å². The van der Waals surface area contributed by atoms with Crippen LogP contribution in [0.5, 0.6) is 0 Å². The summed E-state index contributed by atoms with van der Waals surface area (Å²) in [5.41, 5.74) is 5.40. The smallest absolute Gasteiger partial charge is 0.346 e. The van der Waals surface area contributed by atoms with Gasteiger partial charge in [-0.15, -0.1) is 0 Å². The van der Waals surface area contributed by atoms with Crippen molar-refractivity contribution in [3.05, 3.63) is 115 Å². The monoisotopic (exact) mass is 491 g/mol. The van der Waals surface area contributed by atoms with Crippen molar-refractivity contribution in [2.45, 2.75) is 19.0 Å². The predicted octanol–water partition coefficient (Wildman–Crippen LogP) is 2.78. The van der Waals surface area contributed by atoms with Crippen LogP contribution >= 0.6 is 0 Å². The Morgan fingerprint density at radius 1 is 0.806 bits per heavy atom. The zero-order chi connectivity index (χ0) is 26.2. The second kappa shape index (κ2) is 11.3. The number of carbonyl (C=O) groups is 3. The second-order valence-corrected chi connectivity index (χ2v) is 7.70. The molecule has 0 heterocycles. The SMILES string of the molecule is NC(=O)CC(NC(=O)c1ccc(CNC(=O)c2ccc([N+](=O)[O-])c([N+](=O)[O-])c2)cc1)c1ccccc1. The highest BCUT2D eigenvalue weighted by atomic mass is 16.6. The number of carbonyl (C=O) groups excluding carboxylic acids is 3. The van der Waals surface area contributed by atoms with Crippen LogP contribution in [0.3, 0.4) is 0 Å². The molecule has 36 heavy (non-hydrogen) atoms. The van der Waals surface area contributed by atoms with Crippen molar-refractivity contribution in [2.24, 2.45) is 5.73 Å². The Morgan fingerprint density at radius 2 is 1.42 bits per heavy atom. The molecule has 1 atom stereocenters. The van der Waals surface area contributed by atoms with E-state index < -0.39 is 45.0 Å². The molecule has 0 aromatic heterocycles. The topological polar surface area (TPSA) is 188 Å². The zero-order valence-corrected chi connectivity index (χ0v) is 18.7. The molecule has 0 saturated carbocycles. The van der Waals surface area contributed by atoms with Gasteiger partial charge in [0.1, 0.15) is 0 Å². The van der Waals surface area contributed by atoms with Gasteiger partial charge in [0.15, 0.2) is 0 Å². The van der Waals surface area contributed by atoms with E-state index in [1.54, 1.807) is 48.5 Å². The van der Waals surface area contributed by atoms with Crippen LogP contribution in [0.1, 0.15) is 44.3 Å². The average Bonchev–Trinajstić information content (AvgIpc) is 2.86. The summed E-state index contributed by atoms with van der Waals surface area (Å²) in [4.78, 5) is 56.7. The van der Waals surface area contributed by atoms with Gasteiger partial charge in [0.2, 0.25) is 5.91 Å². The molecule has 0 aliphatic rings. The Morgan fingerprint density at radius 3 is 2.00 bits per heavy atom. The number of nitrogens with one attached hydrogen (secondary N) is 2. The van der Waals surface area contributed by atoms with Crippen LogP contribution < -0.4 is 16.4 Å². The lowest BCUT2D eigenvalue weighted by Crippen LogP contribution is -2.31. The number of amides is 3. The minimum atomic E-state index is -0.926. The Bertz CT molecular complexity index is 1310. The summed E-state index contributed by atoms with van der Waals surface area (Å²) in [6, 6.07) is 17.5. The molecule has 12 nitrogen and oxygen atoms in total. The summed E-state index contributed by atoms with van der Waals surface area (Å²) in [5, 5.41) is 27.4. The molecule has 0 bridgehead atoms. The molecule has 12 heteroatoms. The van der Waals surface area contributed by atoms with Crippen molar-refractivity contribution in [1.29, 1.82) is 0 Å². The van der Waals surface area contributed by atoms with Gasteiger partial charge in [-0.1, -0.05) is 42.5 Å². The van der Waals surface area contributed by atoms with Gasteiger partial charge in [-0.2, -0.15) is 0 Å². The number of nitrogens with two attached hydrogens (primary N) is 1. The van der Waals surface area contributed by atoms with Crippen LogP contribution in [0.25, 0.3) is 0 Å². The number of rotatable bonds is 10. The summed E-state index contributed by atoms with van der Waals surface area (Å²) < 4.78 is 0. The summed E-state index contributed by atoms with van der Waals surface area (Å²) in [6.45, 7) is 0.0415. The molecule has 3 aromatic rings. The maximum absolute atomic E-state index is 12.7. The molecule has 3 rings (SSSR count). The van der Waals surface area contributed by atoms with Gasteiger partial charge < -0.3 is 16.4 Å². The number of nitrogens with zero attached hydrogens (tertiary/aromatic N) is 2. The zero-order valence-electron chi connectivity index (χ0n) is 18.7. The number of nitro groups is 2. The van der Waals surface area contributed by atoms with E-state index in [0.717, 1.165) is 23.8 Å². The normalized spacial score (nSPS) is 11.2. The fraction of sp³-hybridized carbons (Fsp3) is 0.125. The van der Waals surface area contributed by atoms with Gasteiger partial charge in [-0.25, -0.2) is 0 Å². The van der Waals surface area contributed by atoms with E-state index in [9.17, 15) is 34.6 Å². The van der Waals surface area contributed by atoms with E-state index in [1.165, 1.54) is 0 Å². The van der Waals surface area contributed by atoms with Crippen molar-refractivity contribution in [3.8, 4) is 0 Å². The van der Waals surface area contributed by atoms with Crippen LogP contribution in [0.4, 0.5) is 11.4 Å². The van der Waals surface area contributed by atoms with Gasteiger partial charge >= 0.3 is 11.4 Å². The fourth-order valence-electron chi connectivity index (χ4n) is 3.40. The third-order valence-corrected chi connectivity index (χ3v) is 5.21. The first-order chi connectivity index (χ1) is 17.2. The number of primary amides is 1. The molecular formula is C24H21N5O7. The molecule has 0 fully saturated rings. The highest BCUT2D eigenvalue weighted by molar-refractivity contribution is 5.96.